The van der Waals surface area contributed by atoms with Gasteiger partial charge >= 0.3 is 0 Å². The summed E-state index contributed by atoms with van der Waals surface area (Å²) in [4.78, 5) is 22.1. The third-order valence-corrected chi connectivity index (χ3v) is 2.73. The first-order chi connectivity index (χ1) is 9.58. The quantitative estimate of drug-likeness (QED) is 0.670. The van der Waals surface area contributed by atoms with E-state index in [0.29, 0.717) is 10.7 Å². The van der Waals surface area contributed by atoms with E-state index in [1.54, 1.807) is 30.3 Å². The van der Waals surface area contributed by atoms with Crippen LogP contribution in [-0.2, 0) is 0 Å². The Kier molecular flexibility index (Phi) is 4.17. The van der Waals surface area contributed by atoms with Gasteiger partial charge in [0.15, 0.2) is 0 Å². The maximum Gasteiger partial charge on any atom is 0.282 e. The van der Waals surface area contributed by atoms with Gasteiger partial charge in [-0.3, -0.25) is 25.8 Å². The molecule has 0 spiro atoms. The van der Waals surface area contributed by atoms with Crippen molar-refractivity contribution in [3.8, 4) is 0 Å². The van der Waals surface area contributed by atoms with Crippen LogP contribution in [0.1, 0.15) is 10.4 Å². The standard InChI is InChI=1S/C13H10ClN3O3/c14-9-4-3-5-10(8-9)15-16-13(18)11-6-1-2-7-12(11)17(19)20/h1-8,15H,(H,16,18). The number of hydrogen-bond donors (Lipinski definition) is 2. The van der Waals surface area contributed by atoms with Crippen LogP contribution in [0.4, 0.5) is 11.4 Å². The van der Waals surface area contributed by atoms with E-state index in [1.807, 2.05) is 0 Å². The smallest absolute Gasteiger partial charge is 0.282 e. The molecule has 2 rings (SSSR count). The molecule has 20 heavy (non-hydrogen) atoms. The Hall–Kier alpha value is -2.60. The lowest BCUT2D eigenvalue weighted by molar-refractivity contribution is -0.385. The molecule has 0 bridgehead atoms. The van der Waals surface area contributed by atoms with Crippen molar-refractivity contribution in [2.75, 3.05) is 5.43 Å². The van der Waals surface area contributed by atoms with E-state index in [0.717, 1.165) is 0 Å². The highest BCUT2D eigenvalue weighted by molar-refractivity contribution is 6.30. The van der Waals surface area contributed by atoms with Crippen molar-refractivity contribution in [3.05, 3.63) is 69.2 Å². The van der Waals surface area contributed by atoms with Crippen LogP contribution in [0.15, 0.2) is 48.5 Å². The second-order valence-corrected chi connectivity index (χ2v) is 4.30. The van der Waals surface area contributed by atoms with E-state index in [-0.39, 0.29) is 11.3 Å². The van der Waals surface area contributed by atoms with Crippen molar-refractivity contribution in [1.29, 1.82) is 0 Å². The van der Waals surface area contributed by atoms with Gasteiger partial charge in [-0.05, 0) is 24.3 Å². The highest BCUT2D eigenvalue weighted by Gasteiger charge is 2.18. The Morgan fingerprint density at radius 2 is 1.90 bits per heavy atom. The summed E-state index contributed by atoms with van der Waals surface area (Å²) in [5, 5.41) is 11.3. The molecule has 2 N–H and O–H groups in total. The number of hydrazine groups is 1. The topological polar surface area (TPSA) is 84.3 Å². The molecule has 6 nitrogen and oxygen atoms in total. The number of carbonyl (C=O) groups excluding carboxylic acids is 1. The van der Waals surface area contributed by atoms with Crippen LogP contribution in [0.2, 0.25) is 5.02 Å². The lowest BCUT2D eigenvalue weighted by atomic mass is 10.2. The molecule has 0 aliphatic heterocycles. The summed E-state index contributed by atoms with van der Waals surface area (Å²) in [6.07, 6.45) is 0. The largest absolute Gasteiger partial charge is 0.298 e. The number of nitro benzene ring substituents is 1. The van der Waals surface area contributed by atoms with Crippen LogP contribution < -0.4 is 10.9 Å². The second kappa shape index (κ2) is 6.03. The zero-order valence-corrected chi connectivity index (χ0v) is 10.9. The molecule has 0 fully saturated rings. The highest BCUT2D eigenvalue weighted by Crippen LogP contribution is 2.18. The highest BCUT2D eigenvalue weighted by atomic mass is 35.5. The Bertz CT molecular complexity index is 661. The minimum absolute atomic E-state index is 0.0213. The lowest BCUT2D eigenvalue weighted by Crippen LogP contribution is -2.29. The first kappa shape index (κ1) is 13.8. The van der Waals surface area contributed by atoms with Gasteiger partial charge in [0.2, 0.25) is 0 Å². The summed E-state index contributed by atoms with van der Waals surface area (Å²) < 4.78 is 0. The molecular formula is C13H10ClN3O3. The summed E-state index contributed by atoms with van der Waals surface area (Å²) >= 11 is 5.80. The van der Waals surface area contributed by atoms with E-state index in [9.17, 15) is 14.9 Å². The molecule has 0 aromatic heterocycles. The fourth-order valence-corrected chi connectivity index (χ4v) is 1.78. The van der Waals surface area contributed by atoms with Crippen molar-refractivity contribution in [3.63, 3.8) is 0 Å². The Labute approximate surface area is 119 Å². The molecular weight excluding hydrogens is 282 g/mol. The van der Waals surface area contributed by atoms with Gasteiger partial charge in [0.05, 0.1) is 10.6 Å². The van der Waals surface area contributed by atoms with Crippen LogP contribution in [-0.4, -0.2) is 10.8 Å². The van der Waals surface area contributed by atoms with Gasteiger partial charge in [-0.15, -0.1) is 0 Å². The Morgan fingerprint density at radius 3 is 2.60 bits per heavy atom. The second-order valence-electron chi connectivity index (χ2n) is 3.86. The van der Waals surface area contributed by atoms with Crippen LogP contribution in [0, 0.1) is 10.1 Å². The molecule has 0 aliphatic rings. The number of carbonyl (C=O) groups is 1. The molecule has 0 atom stereocenters. The summed E-state index contributed by atoms with van der Waals surface area (Å²) in [5.74, 6) is -0.600. The Balaban J connectivity index is 2.11. The number of rotatable bonds is 4. The fraction of sp³-hybridized carbons (Fsp3) is 0. The van der Waals surface area contributed by atoms with Crippen LogP contribution in [0.5, 0.6) is 0 Å². The van der Waals surface area contributed by atoms with Gasteiger partial charge in [0.25, 0.3) is 11.6 Å². The average molecular weight is 292 g/mol. The van der Waals surface area contributed by atoms with Gasteiger partial charge in [0, 0.05) is 11.1 Å². The van der Waals surface area contributed by atoms with Crippen LogP contribution >= 0.6 is 11.6 Å². The molecule has 2 aromatic carbocycles. The first-order valence-electron chi connectivity index (χ1n) is 5.63. The van der Waals surface area contributed by atoms with Crippen molar-refractivity contribution >= 4 is 28.9 Å². The number of amides is 1. The monoisotopic (exact) mass is 291 g/mol. The van der Waals surface area contributed by atoms with Gasteiger partial charge in [-0.25, -0.2) is 0 Å². The van der Waals surface area contributed by atoms with Gasteiger partial charge in [-0.2, -0.15) is 0 Å². The van der Waals surface area contributed by atoms with Gasteiger partial charge < -0.3 is 0 Å². The molecule has 0 heterocycles. The molecule has 7 heteroatoms. The van der Waals surface area contributed by atoms with E-state index in [4.69, 9.17) is 11.6 Å². The zero-order valence-electron chi connectivity index (χ0n) is 10.2. The summed E-state index contributed by atoms with van der Waals surface area (Å²) in [7, 11) is 0. The van der Waals surface area contributed by atoms with Crippen LogP contribution in [0.3, 0.4) is 0 Å². The molecule has 0 radical (unpaired) electrons. The molecule has 102 valence electrons. The van der Waals surface area contributed by atoms with E-state index >= 15 is 0 Å². The number of benzene rings is 2. The summed E-state index contributed by atoms with van der Waals surface area (Å²) in [5.41, 5.74) is 5.33. The maximum atomic E-state index is 11.9. The molecule has 1 amide bonds. The van der Waals surface area contributed by atoms with Gasteiger partial charge in [0.1, 0.15) is 5.56 Å². The minimum Gasteiger partial charge on any atom is -0.298 e. The number of anilines is 1. The third kappa shape index (κ3) is 3.24. The first-order valence-corrected chi connectivity index (χ1v) is 6.01. The van der Waals surface area contributed by atoms with Gasteiger partial charge in [-0.1, -0.05) is 29.8 Å². The Morgan fingerprint density at radius 1 is 1.15 bits per heavy atom. The van der Waals surface area contributed by atoms with Crippen molar-refractivity contribution in [2.45, 2.75) is 0 Å². The molecule has 0 unspecified atom stereocenters. The SMILES string of the molecule is O=C(NNc1cccc(Cl)c1)c1ccccc1[N+](=O)[O-]. The minimum atomic E-state index is -0.603. The fourth-order valence-electron chi connectivity index (χ4n) is 1.59. The van der Waals surface area contributed by atoms with Crippen molar-refractivity contribution in [2.24, 2.45) is 0 Å². The molecule has 0 saturated carbocycles. The predicted octanol–water partition coefficient (Wildman–Crippen LogP) is 3.01. The van der Waals surface area contributed by atoms with E-state index < -0.39 is 10.8 Å². The normalized spacial score (nSPS) is 9.85. The number of nitrogens with zero attached hydrogens (tertiary/aromatic N) is 1. The number of hydrogen-bond acceptors (Lipinski definition) is 4. The van der Waals surface area contributed by atoms with Crippen molar-refractivity contribution < 1.29 is 9.72 Å². The maximum absolute atomic E-state index is 11.9. The molecule has 0 saturated heterocycles. The summed E-state index contributed by atoms with van der Waals surface area (Å²) in [6.45, 7) is 0. The number of nitro groups is 1. The molecule has 2 aromatic rings. The third-order valence-electron chi connectivity index (χ3n) is 2.49. The lowest BCUT2D eigenvalue weighted by Gasteiger charge is -2.08. The number of halogens is 1. The van der Waals surface area contributed by atoms with E-state index in [2.05, 4.69) is 10.9 Å². The van der Waals surface area contributed by atoms with Crippen LogP contribution in [0.25, 0.3) is 0 Å². The predicted molar refractivity (Wildman–Crippen MR) is 75.6 cm³/mol. The summed E-state index contributed by atoms with van der Waals surface area (Å²) in [6, 6.07) is 12.4. The average Bonchev–Trinajstić information content (AvgIpc) is 2.45. The van der Waals surface area contributed by atoms with Crippen molar-refractivity contribution in [1.82, 2.24) is 5.43 Å². The number of para-hydroxylation sites is 1. The van der Waals surface area contributed by atoms with E-state index in [1.165, 1.54) is 18.2 Å². The number of nitrogens with one attached hydrogen (secondary N) is 2. The molecule has 0 aliphatic carbocycles. The zero-order chi connectivity index (χ0) is 14.5.